The monoisotopic (exact) mass is 402 g/mol. The molecule has 0 bridgehead atoms. The lowest BCUT2D eigenvalue weighted by molar-refractivity contribution is -0.144. The number of rotatable bonds is 15. The van der Waals surface area contributed by atoms with Crippen molar-refractivity contribution in [1.29, 1.82) is 0 Å². The summed E-state index contributed by atoms with van der Waals surface area (Å²) < 4.78 is 0. The van der Waals surface area contributed by atoms with E-state index in [0.717, 1.165) is 6.08 Å². The van der Waals surface area contributed by atoms with Crippen LogP contribution in [0.3, 0.4) is 0 Å². The van der Waals surface area contributed by atoms with E-state index >= 15 is 0 Å². The van der Waals surface area contributed by atoms with E-state index < -0.39 is 61.1 Å². The number of allylic oxidation sites excluding steroid dienone is 3. The van der Waals surface area contributed by atoms with E-state index in [2.05, 4.69) is 10.6 Å². The number of carbonyl (C=O) groups excluding carboxylic acids is 2. The normalized spacial score (nSPS) is 16.0. The lowest BCUT2D eigenvalue weighted by Gasteiger charge is -2.25. The standard InChI is InChI=1S/C16H26N4O8/c17-9-15(27,19-7-13(23)24)11(21)5-3-1-2-4-6-12(22)16(28,10-18)20-8-14(25)26/h1-3,5,19-20,27-28H,4,6-10,17-18H2,(H,23,24)(H,25,26). The number of carboxylic acids is 2. The van der Waals surface area contributed by atoms with Crippen molar-refractivity contribution in [3.8, 4) is 0 Å². The highest BCUT2D eigenvalue weighted by atomic mass is 16.4. The molecule has 12 heteroatoms. The minimum atomic E-state index is -2.22. The molecule has 0 aliphatic heterocycles. The predicted octanol–water partition coefficient (Wildman–Crippen LogP) is -3.34. The average Bonchev–Trinajstić information content (AvgIpc) is 2.66. The SMILES string of the molecule is NCC(O)(NCC(=O)O)C(=O)C=CC=CCCC(=O)C(O)(CN)NCC(=O)O. The third-order valence-corrected chi connectivity index (χ3v) is 3.56. The van der Waals surface area contributed by atoms with E-state index in [4.69, 9.17) is 21.7 Å². The van der Waals surface area contributed by atoms with Gasteiger partial charge in [0.15, 0.2) is 17.2 Å². The Labute approximate surface area is 160 Å². The minimum absolute atomic E-state index is 0.147. The Balaban J connectivity index is 4.59. The molecule has 0 radical (unpaired) electrons. The number of carboxylic acid groups (broad SMARTS) is 2. The molecule has 28 heavy (non-hydrogen) atoms. The van der Waals surface area contributed by atoms with Crippen molar-refractivity contribution in [1.82, 2.24) is 10.6 Å². The number of hydrogen-bond donors (Lipinski definition) is 8. The van der Waals surface area contributed by atoms with Gasteiger partial charge in [-0.3, -0.25) is 29.8 Å². The molecule has 0 spiro atoms. The van der Waals surface area contributed by atoms with Crippen LogP contribution in [0, 0.1) is 0 Å². The summed E-state index contributed by atoms with van der Waals surface area (Å²) in [6, 6.07) is 0. The van der Waals surface area contributed by atoms with Crippen molar-refractivity contribution >= 4 is 23.5 Å². The molecule has 0 saturated heterocycles. The molecular formula is C16H26N4O8. The van der Waals surface area contributed by atoms with E-state index in [-0.39, 0.29) is 12.8 Å². The van der Waals surface area contributed by atoms with Crippen molar-refractivity contribution in [3.63, 3.8) is 0 Å². The Hall–Kier alpha value is -2.48. The molecule has 0 heterocycles. The van der Waals surface area contributed by atoms with Gasteiger partial charge in [0.2, 0.25) is 5.78 Å². The smallest absolute Gasteiger partial charge is 0.317 e. The Morgan fingerprint density at radius 2 is 1.36 bits per heavy atom. The van der Waals surface area contributed by atoms with Crippen LogP contribution < -0.4 is 22.1 Å². The zero-order valence-corrected chi connectivity index (χ0v) is 15.1. The second-order valence-corrected chi connectivity index (χ2v) is 5.74. The molecule has 0 saturated carbocycles. The Morgan fingerprint density at radius 3 is 1.82 bits per heavy atom. The Morgan fingerprint density at radius 1 is 0.857 bits per heavy atom. The van der Waals surface area contributed by atoms with Gasteiger partial charge in [-0.05, 0) is 12.5 Å². The van der Waals surface area contributed by atoms with E-state index in [1.807, 2.05) is 0 Å². The van der Waals surface area contributed by atoms with Crippen LogP contribution in [0.2, 0.25) is 0 Å². The zero-order chi connectivity index (χ0) is 21.8. The number of hydrogen-bond acceptors (Lipinski definition) is 10. The highest BCUT2D eigenvalue weighted by Crippen LogP contribution is 2.06. The lowest BCUT2D eigenvalue weighted by Crippen LogP contribution is -2.58. The molecule has 12 nitrogen and oxygen atoms in total. The van der Waals surface area contributed by atoms with Crippen molar-refractivity contribution in [2.75, 3.05) is 26.2 Å². The highest BCUT2D eigenvalue weighted by molar-refractivity contribution is 5.97. The van der Waals surface area contributed by atoms with Crippen molar-refractivity contribution in [3.05, 3.63) is 24.3 Å². The Bertz CT molecular complexity index is 636. The largest absolute Gasteiger partial charge is 0.480 e. The van der Waals surface area contributed by atoms with E-state index in [1.165, 1.54) is 18.2 Å². The zero-order valence-electron chi connectivity index (χ0n) is 15.1. The summed E-state index contributed by atoms with van der Waals surface area (Å²) >= 11 is 0. The number of carbonyl (C=O) groups is 4. The molecule has 2 atom stereocenters. The molecule has 0 aromatic rings. The molecule has 0 fully saturated rings. The van der Waals surface area contributed by atoms with E-state index in [0.29, 0.717) is 0 Å². The van der Waals surface area contributed by atoms with Crippen molar-refractivity contribution < 1.29 is 39.6 Å². The van der Waals surface area contributed by atoms with Gasteiger partial charge in [0, 0.05) is 19.5 Å². The fourth-order valence-electron chi connectivity index (χ4n) is 1.86. The summed E-state index contributed by atoms with van der Waals surface area (Å²) in [5.41, 5.74) is 6.23. The third-order valence-electron chi connectivity index (χ3n) is 3.56. The number of aliphatic carboxylic acids is 2. The van der Waals surface area contributed by atoms with Crippen LogP contribution in [0.25, 0.3) is 0 Å². The highest BCUT2D eigenvalue weighted by Gasteiger charge is 2.33. The Kier molecular flexibility index (Phi) is 11.0. The molecule has 0 aromatic carbocycles. The van der Waals surface area contributed by atoms with Crippen LogP contribution in [-0.4, -0.2) is 81.6 Å². The molecule has 0 aliphatic rings. The molecule has 2 unspecified atom stereocenters. The van der Waals surface area contributed by atoms with Crippen LogP contribution >= 0.6 is 0 Å². The lowest BCUT2D eigenvalue weighted by atomic mass is 10.0. The van der Waals surface area contributed by atoms with Gasteiger partial charge in [0.1, 0.15) is 0 Å². The maximum atomic E-state index is 12.0. The fraction of sp³-hybridized carbons (Fsp3) is 0.500. The van der Waals surface area contributed by atoms with Gasteiger partial charge >= 0.3 is 11.9 Å². The second kappa shape index (κ2) is 12.1. The van der Waals surface area contributed by atoms with Gasteiger partial charge in [-0.15, -0.1) is 0 Å². The number of ketones is 2. The first-order chi connectivity index (χ1) is 13.0. The first kappa shape index (κ1) is 25.5. The van der Waals surface area contributed by atoms with Crippen LogP contribution in [0.1, 0.15) is 12.8 Å². The van der Waals surface area contributed by atoms with Crippen molar-refractivity contribution in [2.24, 2.45) is 11.5 Å². The molecule has 158 valence electrons. The molecule has 0 aromatic heterocycles. The maximum absolute atomic E-state index is 12.0. The first-order valence-corrected chi connectivity index (χ1v) is 8.20. The summed E-state index contributed by atoms with van der Waals surface area (Å²) in [5.74, 6) is -4.09. The summed E-state index contributed by atoms with van der Waals surface area (Å²) in [7, 11) is 0. The fourth-order valence-corrected chi connectivity index (χ4v) is 1.86. The summed E-state index contributed by atoms with van der Waals surface area (Å²) in [6.45, 7) is -2.34. The molecular weight excluding hydrogens is 376 g/mol. The van der Waals surface area contributed by atoms with Crippen LogP contribution in [0.4, 0.5) is 0 Å². The van der Waals surface area contributed by atoms with Gasteiger partial charge in [-0.25, -0.2) is 0 Å². The number of nitrogens with one attached hydrogen (secondary N) is 2. The topological polar surface area (TPSA) is 225 Å². The van der Waals surface area contributed by atoms with Gasteiger partial charge in [-0.1, -0.05) is 18.2 Å². The van der Waals surface area contributed by atoms with Crippen LogP contribution in [0.15, 0.2) is 24.3 Å². The summed E-state index contributed by atoms with van der Waals surface area (Å²) in [4.78, 5) is 44.8. The second-order valence-electron chi connectivity index (χ2n) is 5.74. The maximum Gasteiger partial charge on any atom is 0.317 e. The van der Waals surface area contributed by atoms with E-state index in [9.17, 15) is 29.4 Å². The van der Waals surface area contributed by atoms with Gasteiger partial charge in [0.05, 0.1) is 13.1 Å². The third kappa shape index (κ3) is 8.94. The number of nitrogens with two attached hydrogens (primary N) is 2. The quantitative estimate of drug-likeness (QED) is 0.0764. The van der Waals surface area contributed by atoms with Crippen LogP contribution in [0.5, 0.6) is 0 Å². The van der Waals surface area contributed by atoms with Gasteiger partial charge in [-0.2, -0.15) is 0 Å². The average molecular weight is 402 g/mol. The minimum Gasteiger partial charge on any atom is -0.480 e. The molecule has 0 aliphatic carbocycles. The summed E-state index contributed by atoms with van der Waals surface area (Å²) in [6.07, 6.45) is 5.13. The van der Waals surface area contributed by atoms with Gasteiger partial charge < -0.3 is 31.9 Å². The number of aliphatic hydroxyl groups is 2. The number of Topliss-reactive ketones (excluding diaryl/α,β-unsaturated/α-hetero) is 1. The molecule has 0 amide bonds. The molecule has 0 rings (SSSR count). The molecule has 10 N–H and O–H groups in total. The first-order valence-electron chi connectivity index (χ1n) is 8.20. The van der Waals surface area contributed by atoms with Crippen molar-refractivity contribution in [2.45, 2.75) is 24.3 Å². The van der Waals surface area contributed by atoms with Gasteiger partial charge in [0.25, 0.3) is 0 Å². The predicted molar refractivity (Wildman–Crippen MR) is 96.8 cm³/mol. The summed E-state index contributed by atoms with van der Waals surface area (Å²) in [5, 5.41) is 41.4. The van der Waals surface area contributed by atoms with E-state index in [1.54, 1.807) is 0 Å². The van der Waals surface area contributed by atoms with Crippen LogP contribution in [-0.2, 0) is 19.2 Å².